The van der Waals surface area contributed by atoms with Gasteiger partial charge in [-0.15, -0.1) is 0 Å². The summed E-state index contributed by atoms with van der Waals surface area (Å²) in [4.78, 5) is 0. The van der Waals surface area contributed by atoms with Gasteiger partial charge in [0.25, 0.3) is 0 Å². The quantitative estimate of drug-likeness (QED) is 0.268. The van der Waals surface area contributed by atoms with Gasteiger partial charge in [-0.1, -0.05) is 52.4 Å². The van der Waals surface area contributed by atoms with Gasteiger partial charge in [-0.05, 0) is 33.6 Å². The second-order valence-corrected chi connectivity index (χ2v) is 6.08. The average molecular weight is 333 g/mol. The van der Waals surface area contributed by atoms with Crippen LogP contribution in [-0.4, -0.2) is 38.5 Å². The van der Waals surface area contributed by atoms with Crippen LogP contribution in [0.1, 0.15) is 86.0 Å². The molecule has 0 aliphatic heterocycles. The third-order valence-electron chi connectivity index (χ3n) is 3.82. The van der Waals surface area contributed by atoms with Crippen molar-refractivity contribution in [1.29, 1.82) is 0 Å². The van der Waals surface area contributed by atoms with E-state index in [1.54, 1.807) is 0 Å². The van der Waals surface area contributed by atoms with Crippen LogP contribution in [-0.2, 0) is 18.9 Å². The highest BCUT2D eigenvalue weighted by Gasteiger charge is 2.37. The lowest BCUT2D eigenvalue weighted by atomic mass is 10.2. The number of unbranched alkanes of at least 4 members (excludes halogenated alkanes) is 6. The van der Waals surface area contributed by atoms with Gasteiger partial charge in [0.2, 0.25) is 12.1 Å². The van der Waals surface area contributed by atoms with E-state index in [1.165, 1.54) is 38.5 Å². The summed E-state index contributed by atoms with van der Waals surface area (Å²) < 4.78 is 23.6. The van der Waals surface area contributed by atoms with Crippen molar-refractivity contribution in [2.75, 3.05) is 26.4 Å². The van der Waals surface area contributed by atoms with E-state index in [9.17, 15) is 0 Å². The second-order valence-electron chi connectivity index (χ2n) is 6.08. The number of ether oxygens (including phenoxy) is 4. The first-order chi connectivity index (χ1) is 11.1. The Morgan fingerprint density at radius 3 is 1.43 bits per heavy atom. The molecule has 0 spiro atoms. The Morgan fingerprint density at radius 2 is 1.09 bits per heavy atom. The molecular formula is C19H40O4. The molecule has 4 nitrogen and oxygen atoms in total. The van der Waals surface area contributed by atoms with Crippen LogP contribution in [0.4, 0.5) is 0 Å². The zero-order valence-electron chi connectivity index (χ0n) is 16.2. The molecule has 0 aliphatic carbocycles. The first-order valence-electron chi connectivity index (χ1n) is 9.65. The van der Waals surface area contributed by atoms with Crippen LogP contribution in [0, 0.1) is 0 Å². The Morgan fingerprint density at radius 1 is 0.652 bits per heavy atom. The lowest BCUT2D eigenvalue weighted by molar-refractivity contribution is -0.343. The van der Waals surface area contributed by atoms with Gasteiger partial charge in [0.1, 0.15) is 0 Å². The van der Waals surface area contributed by atoms with Crippen molar-refractivity contribution in [3.8, 4) is 0 Å². The van der Waals surface area contributed by atoms with Crippen molar-refractivity contribution in [1.82, 2.24) is 0 Å². The van der Waals surface area contributed by atoms with Gasteiger partial charge < -0.3 is 18.9 Å². The van der Waals surface area contributed by atoms with Crippen molar-refractivity contribution in [2.24, 2.45) is 0 Å². The van der Waals surface area contributed by atoms with Gasteiger partial charge in [0.05, 0.1) is 0 Å². The third-order valence-corrected chi connectivity index (χ3v) is 3.82. The fourth-order valence-electron chi connectivity index (χ4n) is 2.54. The molecule has 0 fully saturated rings. The van der Waals surface area contributed by atoms with Crippen molar-refractivity contribution in [3.63, 3.8) is 0 Å². The fourth-order valence-corrected chi connectivity index (χ4v) is 2.54. The van der Waals surface area contributed by atoms with Gasteiger partial charge in [0.15, 0.2) is 0 Å². The number of rotatable bonds is 17. The maximum absolute atomic E-state index is 5.99. The lowest BCUT2D eigenvalue weighted by Gasteiger charge is -2.36. The van der Waals surface area contributed by atoms with Crippen LogP contribution < -0.4 is 0 Å². The Labute approximate surface area is 144 Å². The molecule has 0 bridgehead atoms. The lowest BCUT2D eigenvalue weighted by Crippen LogP contribution is -2.48. The average Bonchev–Trinajstić information content (AvgIpc) is 2.53. The summed E-state index contributed by atoms with van der Waals surface area (Å²) in [5.74, 6) is -0.834. The first-order valence-corrected chi connectivity index (χ1v) is 9.65. The molecule has 0 saturated carbocycles. The van der Waals surface area contributed by atoms with E-state index >= 15 is 0 Å². The van der Waals surface area contributed by atoms with Gasteiger partial charge in [-0.2, -0.15) is 0 Å². The highest BCUT2D eigenvalue weighted by atomic mass is 16.8. The molecule has 0 amide bonds. The second kappa shape index (κ2) is 15.4. The highest BCUT2D eigenvalue weighted by Crippen LogP contribution is 2.23. The summed E-state index contributed by atoms with van der Waals surface area (Å²) in [6.07, 6.45) is 8.99. The van der Waals surface area contributed by atoms with E-state index in [0.29, 0.717) is 26.4 Å². The Hall–Kier alpha value is -0.160. The summed E-state index contributed by atoms with van der Waals surface area (Å²) in [6, 6.07) is 0. The van der Waals surface area contributed by atoms with Gasteiger partial charge >= 0.3 is 0 Å². The molecule has 4 heteroatoms. The Balaban J connectivity index is 4.43. The van der Waals surface area contributed by atoms with Crippen molar-refractivity contribution in [2.45, 2.75) is 98.1 Å². The highest BCUT2D eigenvalue weighted by molar-refractivity contribution is 4.69. The predicted octanol–water partition coefficient (Wildman–Crippen LogP) is 5.30. The number of hydrogen-bond donors (Lipinski definition) is 0. The Kier molecular flexibility index (Phi) is 15.3. The molecule has 0 unspecified atom stereocenters. The van der Waals surface area contributed by atoms with Crippen molar-refractivity contribution < 1.29 is 18.9 Å². The van der Waals surface area contributed by atoms with E-state index in [4.69, 9.17) is 18.9 Å². The molecule has 0 aromatic heterocycles. The third kappa shape index (κ3) is 11.1. The maximum Gasteiger partial charge on any atom is 0.217 e. The van der Waals surface area contributed by atoms with Crippen LogP contribution in [0.2, 0.25) is 0 Å². The summed E-state index contributed by atoms with van der Waals surface area (Å²) in [5.41, 5.74) is 0. The molecule has 0 aromatic rings. The first kappa shape index (κ1) is 22.8. The minimum atomic E-state index is -0.834. The topological polar surface area (TPSA) is 36.9 Å². The molecule has 0 aliphatic rings. The molecule has 0 radical (unpaired) electrons. The molecule has 23 heavy (non-hydrogen) atoms. The van der Waals surface area contributed by atoms with Crippen LogP contribution >= 0.6 is 0 Å². The summed E-state index contributed by atoms with van der Waals surface area (Å²) in [5, 5.41) is 0. The molecular weight excluding hydrogens is 292 g/mol. The van der Waals surface area contributed by atoms with Crippen LogP contribution in [0.15, 0.2) is 0 Å². The largest absolute Gasteiger partial charge is 0.348 e. The van der Waals surface area contributed by atoms with Crippen molar-refractivity contribution in [3.05, 3.63) is 0 Å². The maximum atomic E-state index is 5.99. The van der Waals surface area contributed by atoms with E-state index in [0.717, 1.165) is 12.8 Å². The summed E-state index contributed by atoms with van der Waals surface area (Å²) in [7, 11) is 0. The molecule has 0 rings (SSSR count). The molecule has 0 N–H and O–H groups in total. The van der Waals surface area contributed by atoms with Gasteiger partial charge in [0, 0.05) is 26.4 Å². The van der Waals surface area contributed by atoms with Crippen LogP contribution in [0.3, 0.4) is 0 Å². The van der Waals surface area contributed by atoms with E-state index in [2.05, 4.69) is 13.8 Å². The van der Waals surface area contributed by atoms with Crippen LogP contribution in [0.5, 0.6) is 0 Å². The SMILES string of the molecule is CCCCCCOC(OCCCCCC)C(C)(OCC)OCC. The minimum absolute atomic E-state index is 0.467. The zero-order valence-corrected chi connectivity index (χ0v) is 16.2. The van der Waals surface area contributed by atoms with Crippen LogP contribution in [0.25, 0.3) is 0 Å². The predicted molar refractivity (Wildman–Crippen MR) is 95.6 cm³/mol. The standard InChI is InChI=1S/C19H40O4/c1-6-10-12-14-16-20-18(21-17-15-13-11-7-2)19(5,22-8-3)23-9-4/h18H,6-17H2,1-5H3. The summed E-state index contributed by atoms with van der Waals surface area (Å²) >= 11 is 0. The molecule has 0 heterocycles. The van der Waals surface area contributed by atoms with Crippen molar-refractivity contribution >= 4 is 0 Å². The smallest absolute Gasteiger partial charge is 0.217 e. The normalized spacial score (nSPS) is 12.3. The minimum Gasteiger partial charge on any atom is -0.348 e. The van der Waals surface area contributed by atoms with Gasteiger partial charge in [-0.25, -0.2) is 0 Å². The van der Waals surface area contributed by atoms with E-state index in [1.807, 2.05) is 20.8 Å². The van der Waals surface area contributed by atoms with E-state index < -0.39 is 12.1 Å². The Bertz CT molecular complexity index is 226. The monoisotopic (exact) mass is 332 g/mol. The number of hydrogen-bond acceptors (Lipinski definition) is 4. The summed E-state index contributed by atoms with van der Waals surface area (Å²) in [6.45, 7) is 12.8. The van der Waals surface area contributed by atoms with E-state index in [-0.39, 0.29) is 0 Å². The zero-order chi connectivity index (χ0) is 17.4. The molecule has 0 aromatic carbocycles. The van der Waals surface area contributed by atoms with Gasteiger partial charge in [-0.3, -0.25) is 0 Å². The molecule has 140 valence electrons. The fraction of sp³-hybridized carbons (Fsp3) is 1.00. The molecule has 0 saturated heterocycles. The molecule has 0 atom stereocenters.